The molecule has 0 aliphatic carbocycles. The second-order valence-electron chi connectivity index (χ2n) is 6.78. The molecule has 160 valence electrons. The standard InChI is InChI=1S/C21H23ClN2O5S/c1-2-16(12-23-21(27)17-7-8-18(22)30-17)29-20(26)11-14-3-5-15(6-4-14)24-9-10-28-13-19(24)25/h3-8,16H,2,9-13H2,1H3,(H,23,27)/t16-/m0/s1. The molecule has 1 atom stereocenters. The second kappa shape index (κ2) is 10.6. The van der Waals surface area contributed by atoms with E-state index < -0.39 is 6.10 Å². The van der Waals surface area contributed by atoms with Gasteiger partial charge in [-0.15, -0.1) is 11.3 Å². The molecular formula is C21H23ClN2O5S. The number of benzene rings is 1. The Hall–Kier alpha value is -2.42. The van der Waals surface area contributed by atoms with E-state index in [-0.39, 0.29) is 37.4 Å². The lowest BCUT2D eigenvalue weighted by Gasteiger charge is -2.26. The van der Waals surface area contributed by atoms with E-state index in [9.17, 15) is 14.4 Å². The third kappa shape index (κ3) is 6.04. The van der Waals surface area contributed by atoms with Gasteiger partial charge in [-0.1, -0.05) is 30.7 Å². The fourth-order valence-electron chi connectivity index (χ4n) is 2.98. The number of amides is 2. The Morgan fingerprint density at radius 3 is 2.67 bits per heavy atom. The molecule has 1 aromatic carbocycles. The highest BCUT2D eigenvalue weighted by molar-refractivity contribution is 7.17. The van der Waals surface area contributed by atoms with Gasteiger partial charge in [-0.25, -0.2) is 0 Å². The molecule has 2 amide bonds. The summed E-state index contributed by atoms with van der Waals surface area (Å²) in [6, 6.07) is 10.6. The topological polar surface area (TPSA) is 84.9 Å². The molecular weight excluding hydrogens is 428 g/mol. The Kier molecular flexibility index (Phi) is 7.84. The minimum absolute atomic E-state index is 0.0777. The summed E-state index contributed by atoms with van der Waals surface area (Å²) in [6.07, 6.45) is 0.277. The lowest BCUT2D eigenvalue weighted by Crippen LogP contribution is -2.41. The van der Waals surface area contributed by atoms with Crippen molar-refractivity contribution in [2.75, 3.05) is 31.2 Å². The third-order valence-electron chi connectivity index (χ3n) is 4.62. The average Bonchev–Trinajstić information content (AvgIpc) is 3.18. The first kappa shape index (κ1) is 22.3. The molecule has 9 heteroatoms. The summed E-state index contributed by atoms with van der Waals surface area (Å²) in [5.41, 5.74) is 1.57. The SMILES string of the molecule is CC[C@@H](CNC(=O)c1ccc(Cl)s1)OC(=O)Cc1ccc(N2CCOCC2=O)cc1. The van der Waals surface area contributed by atoms with Crippen molar-refractivity contribution >= 4 is 46.4 Å². The van der Waals surface area contributed by atoms with Crippen LogP contribution in [-0.2, 0) is 25.5 Å². The molecule has 2 heterocycles. The second-order valence-corrected chi connectivity index (χ2v) is 8.49. The van der Waals surface area contributed by atoms with Crippen molar-refractivity contribution < 1.29 is 23.9 Å². The normalized spacial score (nSPS) is 15.0. The Balaban J connectivity index is 1.48. The number of carbonyl (C=O) groups is 3. The van der Waals surface area contributed by atoms with Crippen molar-refractivity contribution in [3.05, 3.63) is 51.2 Å². The number of anilines is 1. The van der Waals surface area contributed by atoms with Crippen LogP contribution in [0.4, 0.5) is 5.69 Å². The van der Waals surface area contributed by atoms with Crippen molar-refractivity contribution in [1.82, 2.24) is 5.32 Å². The van der Waals surface area contributed by atoms with Gasteiger partial charge in [0.05, 0.1) is 28.8 Å². The molecule has 30 heavy (non-hydrogen) atoms. The Labute approximate surface area is 183 Å². The quantitative estimate of drug-likeness (QED) is 0.625. The Morgan fingerprint density at radius 2 is 2.03 bits per heavy atom. The van der Waals surface area contributed by atoms with Crippen LogP contribution in [0.1, 0.15) is 28.6 Å². The molecule has 2 aromatic rings. The molecule has 0 saturated carbocycles. The molecule has 0 spiro atoms. The number of carbonyl (C=O) groups excluding carboxylic acids is 3. The van der Waals surface area contributed by atoms with E-state index >= 15 is 0 Å². The van der Waals surface area contributed by atoms with Crippen molar-refractivity contribution in [3.63, 3.8) is 0 Å². The van der Waals surface area contributed by atoms with E-state index in [0.29, 0.717) is 28.8 Å². The van der Waals surface area contributed by atoms with Crippen molar-refractivity contribution in [2.24, 2.45) is 0 Å². The summed E-state index contributed by atoms with van der Waals surface area (Å²) in [7, 11) is 0. The Bertz CT molecular complexity index is 899. The van der Waals surface area contributed by atoms with Gasteiger partial charge < -0.3 is 19.7 Å². The predicted octanol–water partition coefficient (Wildman–Crippen LogP) is 3.06. The number of nitrogens with one attached hydrogen (secondary N) is 1. The van der Waals surface area contributed by atoms with Crippen LogP contribution in [-0.4, -0.2) is 50.2 Å². The van der Waals surface area contributed by atoms with Gasteiger partial charge in [-0.2, -0.15) is 0 Å². The third-order valence-corrected chi connectivity index (χ3v) is 5.85. The molecule has 0 unspecified atom stereocenters. The Morgan fingerprint density at radius 1 is 1.27 bits per heavy atom. The van der Waals surface area contributed by atoms with Crippen LogP contribution in [0.2, 0.25) is 4.34 Å². The number of ether oxygens (including phenoxy) is 2. The summed E-state index contributed by atoms with van der Waals surface area (Å²) in [5.74, 6) is -0.689. The largest absolute Gasteiger partial charge is 0.460 e. The molecule has 1 aliphatic rings. The van der Waals surface area contributed by atoms with E-state index in [0.717, 1.165) is 11.3 Å². The minimum Gasteiger partial charge on any atom is -0.460 e. The number of hydrogen-bond donors (Lipinski definition) is 1. The van der Waals surface area contributed by atoms with Crippen LogP contribution in [0.5, 0.6) is 0 Å². The van der Waals surface area contributed by atoms with Crippen LogP contribution in [0.15, 0.2) is 36.4 Å². The monoisotopic (exact) mass is 450 g/mol. The van der Waals surface area contributed by atoms with Gasteiger partial charge in [0.25, 0.3) is 11.8 Å². The zero-order valence-electron chi connectivity index (χ0n) is 16.6. The van der Waals surface area contributed by atoms with E-state index in [1.165, 1.54) is 11.3 Å². The molecule has 1 aromatic heterocycles. The van der Waals surface area contributed by atoms with Gasteiger partial charge in [0.15, 0.2) is 0 Å². The average molecular weight is 451 g/mol. The number of halogens is 1. The zero-order valence-corrected chi connectivity index (χ0v) is 18.1. The molecule has 1 saturated heterocycles. The van der Waals surface area contributed by atoms with Crippen LogP contribution in [0.25, 0.3) is 0 Å². The first-order chi connectivity index (χ1) is 14.5. The highest BCUT2D eigenvalue weighted by atomic mass is 35.5. The number of esters is 1. The maximum Gasteiger partial charge on any atom is 0.310 e. The van der Waals surface area contributed by atoms with Gasteiger partial charge in [0.2, 0.25) is 0 Å². The van der Waals surface area contributed by atoms with Crippen LogP contribution in [0.3, 0.4) is 0 Å². The number of rotatable bonds is 8. The fourth-order valence-corrected chi connectivity index (χ4v) is 3.94. The first-order valence-electron chi connectivity index (χ1n) is 9.66. The summed E-state index contributed by atoms with van der Waals surface area (Å²) in [5, 5.41) is 2.77. The predicted molar refractivity (Wildman–Crippen MR) is 115 cm³/mol. The number of morpholine rings is 1. The van der Waals surface area contributed by atoms with E-state index in [2.05, 4.69) is 5.32 Å². The number of thiophene rings is 1. The maximum absolute atomic E-state index is 12.3. The van der Waals surface area contributed by atoms with Crippen molar-refractivity contribution in [1.29, 1.82) is 0 Å². The first-order valence-corrected chi connectivity index (χ1v) is 10.9. The zero-order chi connectivity index (χ0) is 21.5. The molecule has 1 N–H and O–H groups in total. The van der Waals surface area contributed by atoms with Crippen LogP contribution >= 0.6 is 22.9 Å². The lowest BCUT2D eigenvalue weighted by molar-refractivity contribution is -0.148. The molecule has 0 bridgehead atoms. The number of nitrogens with zero attached hydrogens (tertiary/aromatic N) is 1. The van der Waals surface area contributed by atoms with E-state index in [4.69, 9.17) is 21.1 Å². The summed E-state index contributed by atoms with van der Waals surface area (Å²) < 4.78 is 11.2. The fraction of sp³-hybridized carbons (Fsp3) is 0.381. The smallest absolute Gasteiger partial charge is 0.310 e. The number of hydrogen-bond acceptors (Lipinski definition) is 6. The van der Waals surface area contributed by atoms with E-state index in [1.54, 1.807) is 17.0 Å². The van der Waals surface area contributed by atoms with Crippen LogP contribution < -0.4 is 10.2 Å². The van der Waals surface area contributed by atoms with Crippen molar-refractivity contribution in [2.45, 2.75) is 25.9 Å². The van der Waals surface area contributed by atoms with Crippen molar-refractivity contribution in [3.8, 4) is 0 Å². The summed E-state index contributed by atoms with van der Waals surface area (Å²) in [6.45, 7) is 3.23. The maximum atomic E-state index is 12.3. The highest BCUT2D eigenvalue weighted by Gasteiger charge is 2.20. The molecule has 7 nitrogen and oxygen atoms in total. The van der Waals surface area contributed by atoms with E-state index in [1.807, 2.05) is 31.2 Å². The highest BCUT2D eigenvalue weighted by Crippen LogP contribution is 2.21. The lowest BCUT2D eigenvalue weighted by atomic mass is 10.1. The van der Waals surface area contributed by atoms with Gasteiger partial charge in [-0.05, 0) is 36.2 Å². The van der Waals surface area contributed by atoms with Gasteiger partial charge in [0, 0.05) is 12.2 Å². The van der Waals surface area contributed by atoms with Gasteiger partial charge >= 0.3 is 5.97 Å². The molecule has 1 aliphatic heterocycles. The molecule has 3 rings (SSSR count). The minimum atomic E-state index is -0.415. The van der Waals surface area contributed by atoms with Gasteiger partial charge in [-0.3, -0.25) is 14.4 Å². The molecule has 1 fully saturated rings. The summed E-state index contributed by atoms with van der Waals surface area (Å²) in [4.78, 5) is 38.5. The summed E-state index contributed by atoms with van der Waals surface area (Å²) >= 11 is 7.04. The van der Waals surface area contributed by atoms with Gasteiger partial charge in [0.1, 0.15) is 12.7 Å². The van der Waals surface area contributed by atoms with Crippen LogP contribution in [0, 0.1) is 0 Å². The molecule has 0 radical (unpaired) electrons.